The lowest BCUT2D eigenvalue weighted by Gasteiger charge is -2.05. The minimum Gasteiger partial charge on any atom is -0.324 e. The third-order valence-corrected chi connectivity index (χ3v) is 4.64. The lowest BCUT2D eigenvalue weighted by molar-refractivity contribution is -0.113. The van der Waals surface area contributed by atoms with Crippen LogP contribution >= 0.6 is 23.4 Å². The number of thioether (sulfide) groups is 1. The maximum atomic E-state index is 12.0. The van der Waals surface area contributed by atoms with E-state index >= 15 is 0 Å². The van der Waals surface area contributed by atoms with Gasteiger partial charge >= 0.3 is 0 Å². The Hall–Kier alpha value is -2.84. The maximum Gasteiger partial charge on any atom is 0.240 e. The van der Waals surface area contributed by atoms with Crippen LogP contribution in [0.3, 0.4) is 0 Å². The van der Waals surface area contributed by atoms with E-state index in [-0.39, 0.29) is 11.7 Å². The number of carbonyl (C=O) groups is 1. The van der Waals surface area contributed by atoms with Crippen LogP contribution in [0.2, 0.25) is 5.02 Å². The number of aromatic amines is 1. The summed E-state index contributed by atoms with van der Waals surface area (Å²) in [5, 5.41) is 14.7. The Balaban J connectivity index is 1.51. The molecule has 0 unspecified atom stereocenters. The van der Waals surface area contributed by atoms with Crippen LogP contribution in [0.15, 0.2) is 64.9 Å². The number of hydrogen-bond acceptors (Lipinski definition) is 6. The predicted octanol–water partition coefficient (Wildman–Crippen LogP) is 4.03. The van der Waals surface area contributed by atoms with Crippen LogP contribution in [0.1, 0.15) is 12.5 Å². The highest BCUT2D eigenvalue weighted by Crippen LogP contribution is 2.21. The Labute approximate surface area is 165 Å². The van der Waals surface area contributed by atoms with Crippen molar-refractivity contribution in [3.8, 4) is 0 Å². The molecule has 0 saturated heterocycles. The fourth-order valence-electron chi connectivity index (χ4n) is 2.12. The molecule has 3 aromatic rings. The summed E-state index contributed by atoms with van der Waals surface area (Å²) in [4.78, 5) is 16.3. The number of aromatic nitrogens is 3. The van der Waals surface area contributed by atoms with E-state index < -0.39 is 0 Å². The van der Waals surface area contributed by atoms with Crippen molar-refractivity contribution in [1.82, 2.24) is 15.2 Å². The number of benzene rings is 2. The van der Waals surface area contributed by atoms with Gasteiger partial charge in [-0.1, -0.05) is 65.8 Å². The quantitative estimate of drug-likeness (QED) is 0.316. The fourth-order valence-corrected chi connectivity index (χ4v) is 2.90. The van der Waals surface area contributed by atoms with Gasteiger partial charge in [-0.15, -0.1) is 5.10 Å². The molecule has 0 saturated carbocycles. The van der Waals surface area contributed by atoms with Crippen LogP contribution in [0.5, 0.6) is 0 Å². The first kappa shape index (κ1) is 18.9. The summed E-state index contributed by atoms with van der Waals surface area (Å²) in [7, 11) is 0. The van der Waals surface area contributed by atoms with Gasteiger partial charge in [0.1, 0.15) is 0 Å². The monoisotopic (exact) mass is 400 g/mol. The van der Waals surface area contributed by atoms with E-state index in [0.717, 1.165) is 11.3 Å². The Morgan fingerprint density at radius 1 is 1.19 bits per heavy atom. The Kier molecular flexibility index (Phi) is 6.45. The zero-order chi connectivity index (χ0) is 19.1. The SMILES string of the molecule is C/C(=N\Nc1nc(SCC(=O)Nc2ccccc2Cl)n[nH]1)c1ccccc1. The minimum absolute atomic E-state index is 0.162. The van der Waals surface area contributed by atoms with Gasteiger partial charge in [0, 0.05) is 0 Å². The van der Waals surface area contributed by atoms with Crippen LogP contribution < -0.4 is 10.7 Å². The van der Waals surface area contributed by atoms with Gasteiger partial charge in [-0.25, -0.2) is 10.5 Å². The van der Waals surface area contributed by atoms with E-state index in [2.05, 4.69) is 31.0 Å². The molecule has 1 aromatic heterocycles. The van der Waals surface area contributed by atoms with Gasteiger partial charge in [-0.3, -0.25) is 4.79 Å². The highest BCUT2D eigenvalue weighted by molar-refractivity contribution is 7.99. The van der Waals surface area contributed by atoms with E-state index in [1.54, 1.807) is 24.3 Å². The van der Waals surface area contributed by atoms with Crippen molar-refractivity contribution in [2.24, 2.45) is 5.10 Å². The van der Waals surface area contributed by atoms with Crippen LogP contribution in [-0.4, -0.2) is 32.6 Å². The standard InChI is InChI=1S/C18H17ClN6OS/c1-12(13-7-3-2-4-8-13)22-23-17-21-18(25-24-17)27-11-16(26)20-15-10-6-5-9-14(15)19/h2-10H,11H2,1H3,(H,20,26)(H2,21,23,24,25)/b22-12+. The first-order valence-electron chi connectivity index (χ1n) is 8.07. The third-order valence-electron chi connectivity index (χ3n) is 3.47. The van der Waals surface area contributed by atoms with Crippen molar-refractivity contribution in [1.29, 1.82) is 0 Å². The van der Waals surface area contributed by atoms with Gasteiger partial charge in [-0.2, -0.15) is 10.1 Å². The average Bonchev–Trinajstić information content (AvgIpc) is 3.15. The Morgan fingerprint density at radius 3 is 2.70 bits per heavy atom. The molecule has 9 heteroatoms. The average molecular weight is 401 g/mol. The zero-order valence-electron chi connectivity index (χ0n) is 14.4. The summed E-state index contributed by atoms with van der Waals surface area (Å²) in [5.74, 6) is 0.374. The van der Waals surface area contributed by atoms with Gasteiger partial charge in [-0.05, 0) is 24.6 Å². The summed E-state index contributed by atoms with van der Waals surface area (Å²) in [5.41, 5.74) is 5.23. The number of rotatable bonds is 7. The lowest BCUT2D eigenvalue weighted by Crippen LogP contribution is -2.14. The molecule has 1 heterocycles. The van der Waals surface area contributed by atoms with Crippen molar-refractivity contribution in [3.05, 3.63) is 65.2 Å². The molecule has 138 valence electrons. The number of H-pyrrole nitrogens is 1. The molecular formula is C18H17ClN6OS. The van der Waals surface area contributed by atoms with Crippen LogP contribution in [0, 0.1) is 0 Å². The number of hydrogen-bond donors (Lipinski definition) is 3. The van der Waals surface area contributed by atoms with Gasteiger partial charge in [0.15, 0.2) is 0 Å². The van der Waals surface area contributed by atoms with Gasteiger partial charge < -0.3 is 5.32 Å². The highest BCUT2D eigenvalue weighted by atomic mass is 35.5. The van der Waals surface area contributed by atoms with Crippen molar-refractivity contribution in [3.63, 3.8) is 0 Å². The van der Waals surface area contributed by atoms with Gasteiger partial charge in [0.25, 0.3) is 0 Å². The molecule has 1 amide bonds. The molecule has 0 radical (unpaired) electrons. The molecule has 0 aliphatic carbocycles. The molecule has 2 aromatic carbocycles. The zero-order valence-corrected chi connectivity index (χ0v) is 16.0. The number of carbonyl (C=O) groups excluding carboxylic acids is 1. The number of amides is 1. The molecule has 3 rings (SSSR count). The second kappa shape index (κ2) is 9.20. The number of nitrogens with zero attached hydrogens (tertiary/aromatic N) is 3. The molecule has 7 nitrogen and oxygen atoms in total. The van der Waals surface area contributed by atoms with Crippen LogP contribution in [0.25, 0.3) is 0 Å². The molecule has 27 heavy (non-hydrogen) atoms. The summed E-state index contributed by atoms with van der Waals surface area (Å²) in [6.45, 7) is 1.90. The normalized spacial score (nSPS) is 11.3. The molecule has 0 aliphatic rings. The summed E-state index contributed by atoms with van der Waals surface area (Å²) in [6.07, 6.45) is 0. The van der Waals surface area contributed by atoms with Gasteiger partial charge in [0.05, 0.1) is 22.2 Å². The molecule has 0 bridgehead atoms. The van der Waals surface area contributed by atoms with Crippen molar-refractivity contribution >= 4 is 46.6 Å². The molecule has 0 fully saturated rings. The van der Waals surface area contributed by atoms with Crippen LogP contribution in [-0.2, 0) is 4.79 Å². The second-order valence-electron chi connectivity index (χ2n) is 5.46. The lowest BCUT2D eigenvalue weighted by atomic mass is 10.1. The Bertz CT molecular complexity index is 944. The third kappa shape index (κ3) is 5.57. The minimum atomic E-state index is -0.189. The van der Waals surface area contributed by atoms with Crippen molar-refractivity contribution in [2.75, 3.05) is 16.5 Å². The van der Waals surface area contributed by atoms with Crippen molar-refractivity contribution in [2.45, 2.75) is 12.1 Å². The molecular weight excluding hydrogens is 384 g/mol. The smallest absolute Gasteiger partial charge is 0.240 e. The molecule has 0 aliphatic heterocycles. The Morgan fingerprint density at radius 2 is 1.93 bits per heavy atom. The van der Waals surface area contributed by atoms with E-state index in [0.29, 0.717) is 21.8 Å². The number of halogens is 1. The molecule has 3 N–H and O–H groups in total. The highest BCUT2D eigenvalue weighted by Gasteiger charge is 2.09. The van der Waals surface area contributed by atoms with E-state index in [1.807, 2.05) is 37.3 Å². The van der Waals surface area contributed by atoms with E-state index in [4.69, 9.17) is 11.6 Å². The number of nitrogens with one attached hydrogen (secondary N) is 3. The fraction of sp³-hybridized carbons (Fsp3) is 0.111. The van der Waals surface area contributed by atoms with Crippen molar-refractivity contribution < 1.29 is 4.79 Å². The topological polar surface area (TPSA) is 95.1 Å². The summed E-state index contributed by atoms with van der Waals surface area (Å²) >= 11 is 7.23. The summed E-state index contributed by atoms with van der Waals surface area (Å²) < 4.78 is 0. The predicted molar refractivity (Wildman–Crippen MR) is 109 cm³/mol. The van der Waals surface area contributed by atoms with E-state index in [1.165, 1.54) is 11.8 Å². The number of para-hydroxylation sites is 1. The van der Waals surface area contributed by atoms with Crippen LogP contribution in [0.4, 0.5) is 11.6 Å². The number of anilines is 2. The first-order chi connectivity index (χ1) is 13.1. The van der Waals surface area contributed by atoms with Gasteiger partial charge in [0.2, 0.25) is 17.0 Å². The molecule has 0 spiro atoms. The second-order valence-corrected chi connectivity index (χ2v) is 6.81. The van der Waals surface area contributed by atoms with E-state index in [9.17, 15) is 4.79 Å². The maximum absolute atomic E-state index is 12.0. The largest absolute Gasteiger partial charge is 0.324 e. The molecule has 0 atom stereocenters. The summed E-state index contributed by atoms with van der Waals surface area (Å²) in [6, 6.07) is 16.9. The first-order valence-corrected chi connectivity index (χ1v) is 9.43. The number of hydrazone groups is 1.